The molecule has 2 aromatic carbocycles. The Morgan fingerprint density at radius 3 is 2.51 bits per heavy atom. The molecule has 208 valence electrons. The molecule has 3 fully saturated rings. The number of fused-ring (bicyclic) bond motifs is 3. The first-order valence-electron chi connectivity index (χ1n) is 13.8. The summed E-state index contributed by atoms with van der Waals surface area (Å²) in [7, 11) is 0. The molecule has 8 heteroatoms. The molecule has 8 atom stereocenters. The van der Waals surface area contributed by atoms with Crippen LogP contribution in [0.4, 0.5) is 4.79 Å². The molecule has 1 heterocycles. The monoisotopic (exact) mass is 535 g/mol. The van der Waals surface area contributed by atoms with E-state index in [0.29, 0.717) is 17.9 Å². The van der Waals surface area contributed by atoms with Gasteiger partial charge in [0.25, 0.3) is 0 Å². The third kappa shape index (κ3) is 3.19. The summed E-state index contributed by atoms with van der Waals surface area (Å²) in [6, 6.07) is 13.4. The Kier molecular flexibility index (Phi) is 5.66. The van der Waals surface area contributed by atoms with Gasteiger partial charge < -0.3 is 29.7 Å². The van der Waals surface area contributed by atoms with Crippen molar-refractivity contribution in [1.82, 2.24) is 5.32 Å². The van der Waals surface area contributed by atoms with Gasteiger partial charge in [-0.2, -0.15) is 0 Å². The number of phenolic OH excluding ortho intramolecular Hbond substituents is 1. The summed E-state index contributed by atoms with van der Waals surface area (Å²) in [5.74, 6) is -0.341. The number of epoxide rings is 1. The van der Waals surface area contributed by atoms with Crippen LogP contribution in [0, 0.1) is 16.7 Å². The minimum absolute atomic E-state index is 0.0262. The second-order valence-electron chi connectivity index (χ2n) is 12.4. The minimum atomic E-state index is -1.68. The molecule has 1 aliphatic heterocycles. The van der Waals surface area contributed by atoms with Crippen molar-refractivity contribution in [3.8, 4) is 5.75 Å². The summed E-state index contributed by atoms with van der Waals surface area (Å²) >= 11 is 0. The number of esters is 1. The van der Waals surface area contributed by atoms with Crippen LogP contribution in [-0.4, -0.2) is 46.7 Å². The van der Waals surface area contributed by atoms with Crippen molar-refractivity contribution in [2.45, 2.75) is 82.8 Å². The molecule has 1 saturated heterocycles. The lowest BCUT2D eigenvalue weighted by Gasteiger charge is -2.46. The molecule has 3 aliphatic carbocycles. The fourth-order valence-corrected chi connectivity index (χ4v) is 8.58. The number of amides is 1. The van der Waals surface area contributed by atoms with E-state index in [1.165, 1.54) is 35.4 Å². The highest BCUT2D eigenvalue weighted by molar-refractivity contribution is 5.78. The summed E-state index contributed by atoms with van der Waals surface area (Å²) in [5, 5.41) is 23.5. The molecule has 0 radical (unpaired) electrons. The highest BCUT2D eigenvalue weighted by Crippen LogP contribution is 2.89. The Balaban J connectivity index is 1.29. The van der Waals surface area contributed by atoms with Gasteiger partial charge in [-0.15, -0.1) is 0 Å². The summed E-state index contributed by atoms with van der Waals surface area (Å²) in [6.45, 7) is 10.7. The van der Waals surface area contributed by atoms with E-state index in [1.807, 2.05) is 0 Å². The molecular formula is C31H37NO7. The Morgan fingerprint density at radius 2 is 1.82 bits per heavy atom. The van der Waals surface area contributed by atoms with Crippen molar-refractivity contribution >= 4 is 12.1 Å². The van der Waals surface area contributed by atoms with Crippen molar-refractivity contribution in [2.24, 2.45) is 16.7 Å². The van der Waals surface area contributed by atoms with Crippen molar-refractivity contribution in [3.05, 3.63) is 65.2 Å². The normalized spacial score (nSPS) is 36.1. The lowest BCUT2D eigenvalue weighted by Crippen LogP contribution is -2.53. The van der Waals surface area contributed by atoms with E-state index in [0.717, 1.165) is 6.42 Å². The van der Waals surface area contributed by atoms with Gasteiger partial charge in [-0.1, -0.05) is 64.1 Å². The lowest BCUT2D eigenvalue weighted by atomic mass is 9.58. The number of aliphatic hydroxyl groups is 1. The Bertz CT molecular complexity index is 1320. The van der Waals surface area contributed by atoms with E-state index in [2.05, 4.69) is 57.3 Å². The SMILES string of the molecule is CCOC(=O)N[C@@H](c1ccc(O)cc1)[C@@H](O)C(=O)OC1CC2C(C)(C)C1(C)[C@@]13C[C@H](C)c4ccccc4[C@@]21O3. The van der Waals surface area contributed by atoms with E-state index >= 15 is 0 Å². The lowest BCUT2D eigenvalue weighted by molar-refractivity contribution is -0.173. The van der Waals surface area contributed by atoms with E-state index < -0.39 is 41.3 Å². The standard InChI is InChI=1S/C31H37NO7/c1-6-37-27(36)32-24(18-11-13-19(33)14-12-18)25(34)26(35)38-23-15-22-28(3,4)29(23,5)30-16-17(2)20-9-7-8-10-21(20)31(22,30)39-30/h7-14,17,22-25,33-34H,6,15-16H2,1-5H3,(H,32,36)/t17-,22?,23?,24-,25+,29?,30-,31+/m0/s1. The quantitative estimate of drug-likeness (QED) is 0.363. The van der Waals surface area contributed by atoms with Gasteiger partial charge in [0.05, 0.1) is 12.6 Å². The van der Waals surface area contributed by atoms with Crippen LogP contribution >= 0.6 is 0 Å². The average molecular weight is 536 g/mol. The number of nitrogens with one attached hydrogen (secondary N) is 1. The molecule has 6 rings (SSSR count). The Hall–Kier alpha value is -3.10. The molecular weight excluding hydrogens is 498 g/mol. The third-order valence-electron chi connectivity index (χ3n) is 10.6. The molecule has 39 heavy (non-hydrogen) atoms. The van der Waals surface area contributed by atoms with E-state index in [4.69, 9.17) is 14.2 Å². The number of hydrogen-bond donors (Lipinski definition) is 3. The molecule has 0 aromatic heterocycles. The number of aliphatic hydroxyl groups excluding tert-OH is 1. The van der Waals surface area contributed by atoms with Gasteiger partial charge in [0.15, 0.2) is 6.10 Å². The molecule has 0 spiro atoms. The Labute approximate surface area is 228 Å². The maximum atomic E-state index is 13.5. The maximum absolute atomic E-state index is 13.5. The zero-order chi connectivity index (χ0) is 28.0. The first-order valence-corrected chi connectivity index (χ1v) is 13.8. The van der Waals surface area contributed by atoms with Crippen molar-refractivity contribution in [2.75, 3.05) is 6.61 Å². The van der Waals surface area contributed by atoms with Crippen LogP contribution in [0.2, 0.25) is 0 Å². The number of ether oxygens (including phenoxy) is 3. The van der Waals surface area contributed by atoms with Crippen LogP contribution in [0.5, 0.6) is 5.75 Å². The molecule has 8 nitrogen and oxygen atoms in total. The molecule has 3 N–H and O–H groups in total. The number of carbonyl (C=O) groups excluding carboxylic acids is 2. The molecule has 2 bridgehead atoms. The highest BCUT2D eigenvalue weighted by Gasteiger charge is 2.95. The van der Waals surface area contributed by atoms with E-state index in [1.54, 1.807) is 6.92 Å². The summed E-state index contributed by atoms with van der Waals surface area (Å²) in [6.07, 6.45) is -1.44. The largest absolute Gasteiger partial charge is 0.508 e. The van der Waals surface area contributed by atoms with Gasteiger partial charge in [0.1, 0.15) is 23.1 Å². The zero-order valence-electron chi connectivity index (χ0n) is 23.1. The smallest absolute Gasteiger partial charge is 0.407 e. The van der Waals surface area contributed by atoms with Crippen molar-refractivity contribution in [3.63, 3.8) is 0 Å². The maximum Gasteiger partial charge on any atom is 0.407 e. The van der Waals surface area contributed by atoms with Crippen molar-refractivity contribution in [1.29, 1.82) is 0 Å². The van der Waals surface area contributed by atoms with Crippen LogP contribution < -0.4 is 5.32 Å². The van der Waals surface area contributed by atoms with Gasteiger partial charge in [-0.3, -0.25) is 0 Å². The second-order valence-corrected chi connectivity index (χ2v) is 12.4. The van der Waals surface area contributed by atoms with E-state index in [-0.39, 0.29) is 29.3 Å². The van der Waals surface area contributed by atoms with Crippen LogP contribution in [0.15, 0.2) is 48.5 Å². The number of aromatic hydroxyl groups is 1. The second kappa shape index (κ2) is 8.45. The van der Waals surface area contributed by atoms with Crippen molar-refractivity contribution < 1.29 is 34.0 Å². The van der Waals surface area contributed by atoms with E-state index in [9.17, 15) is 19.8 Å². The number of benzene rings is 2. The number of phenols is 1. The van der Waals surface area contributed by atoms with Gasteiger partial charge >= 0.3 is 12.1 Å². The number of hydrogen-bond acceptors (Lipinski definition) is 7. The summed E-state index contributed by atoms with van der Waals surface area (Å²) < 4.78 is 18.0. The molecule has 1 amide bonds. The van der Waals surface area contributed by atoms with Crippen LogP contribution in [0.1, 0.15) is 76.1 Å². The van der Waals surface area contributed by atoms with Gasteiger partial charge in [-0.05, 0) is 59.9 Å². The van der Waals surface area contributed by atoms with Gasteiger partial charge in [0.2, 0.25) is 0 Å². The van der Waals surface area contributed by atoms with Crippen LogP contribution in [-0.2, 0) is 24.6 Å². The first-order chi connectivity index (χ1) is 18.4. The summed E-state index contributed by atoms with van der Waals surface area (Å²) in [4.78, 5) is 25.8. The topological polar surface area (TPSA) is 118 Å². The Morgan fingerprint density at radius 1 is 1.13 bits per heavy atom. The molecule has 2 saturated carbocycles. The van der Waals surface area contributed by atoms with Gasteiger partial charge in [-0.25, -0.2) is 9.59 Å². The predicted molar refractivity (Wildman–Crippen MR) is 142 cm³/mol. The number of alkyl carbamates (subject to hydrolysis) is 1. The first kappa shape index (κ1) is 26.1. The number of carbonyl (C=O) groups is 2. The predicted octanol–water partition coefficient (Wildman–Crippen LogP) is 4.69. The molecule has 3 unspecified atom stereocenters. The average Bonchev–Trinajstić information content (AvgIpc) is 3.53. The fourth-order valence-electron chi connectivity index (χ4n) is 8.58. The van der Waals surface area contributed by atoms with Gasteiger partial charge in [0, 0.05) is 11.3 Å². The molecule has 4 aliphatic rings. The fraction of sp³-hybridized carbons (Fsp3) is 0.548. The zero-order valence-corrected chi connectivity index (χ0v) is 23.1. The highest BCUT2D eigenvalue weighted by atomic mass is 16.6. The minimum Gasteiger partial charge on any atom is -0.508 e. The summed E-state index contributed by atoms with van der Waals surface area (Å²) in [5.41, 5.74) is 1.55. The van der Waals surface area contributed by atoms with Crippen LogP contribution in [0.25, 0.3) is 0 Å². The third-order valence-corrected chi connectivity index (χ3v) is 10.6. The van der Waals surface area contributed by atoms with Crippen LogP contribution in [0.3, 0.4) is 0 Å². The number of rotatable bonds is 6. The molecule has 2 aromatic rings.